The maximum atomic E-state index is 12.8. The Balaban J connectivity index is 1.18. The van der Waals surface area contributed by atoms with E-state index in [4.69, 9.17) is 9.26 Å². The molecule has 2 aliphatic rings. The molecule has 5 rings (SSSR count). The molecule has 2 aliphatic heterocycles. The Morgan fingerprint density at radius 3 is 2.93 bits per heavy atom. The van der Waals surface area contributed by atoms with Gasteiger partial charge in [-0.3, -0.25) is 9.69 Å². The summed E-state index contributed by atoms with van der Waals surface area (Å²) >= 11 is 0. The number of fused-ring (bicyclic) bond motifs is 1. The van der Waals surface area contributed by atoms with Gasteiger partial charge in [-0.25, -0.2) is 9.67 Å². The van der Waals surface area contributed by atoms with Crippen molar-refractivity contribution in [2.24, 2.45) is 0 Å². The number of piperazine rings is 1. The van der Waals surface area contributed by atoms with Gasteiger partial charge in [-0.1, -0.05) is 5.16 Å². The normalized spacial score (nSPS) is 19.3. The van der Waals surface area contributed by atoms with E-state index in [1.807, 2.05) is 29.2 Å². The summed E-state index contributed by atoms with van der Waals surface area (Å²) < 4.78 is 12.7. The highest BCUT2D eigenvalue weighted by Gasteiger charge is 2.33. The second-order valence-electron chi connectivity index (χ2n) is 7.38. The molecule has 2 saturated heterocycles. The summed E-state index contributed by atoms with van der Waals surface area (Å²) in [6.45, 7) is 3.81. The Bertz CT molecular complexity index is 969. The van der Waals surface area contributed by atoms with E-state index in [9.17, 15) is 4.79 Å². The van der Waals surface area contributed by atoms with Crippen LogP contribution in [0.15, 0.2) is 47.5 Å². The molecule has 29 heavy (non-hydrogen) atoms. The minimum Gasteiger partial charge on any atom is -0.486 e. The maximum absolute atomic E-state index is 12.8. The molecule has 9 heteroatoms. The van der Waals surface area contributed by atoms with Gasteiger partial charge in [-0.2, -0.15) is 5.10 Å². The van der Waals surface area contributed by atoms with Crippen LogP contribution in [0.25, 0.3) is 5.69 Å². The third-order valence-electron chi connectivity index (χ3n) is 5.55. The molecule has 1 amide bonds. The fraction of sp³-hybridized carbons (Fsp3) is 0.400. The Morgan fingerprint density at radius 2 is 2.10 bits per heavy atom. The van der Waals surface area contributed by atoms with E-state index in [1.54, 1.807) is 17.1 Å². The van der Waals surface area contributed by atoms with Crippen LogP contribution in [-0.2, 0) is 6.61 Å². The van der Waals surface area contributed by atoms with Crippen LogP contribution in [0.5, 0.6) is 5.75 Å². The van der Waals surface area contributed by atoms with Gasteiger partial charge in [0.05, 0.1) is 5.69 Å². The van der Waals surface area contributed by atoms with Crippen molar-refractivity contribution < 1.29 is 14.1 Å². The van der Waals surface area contributed by atoms with Crippen LogP contribution in [-0.4, -0.2) is 67.8 Å². The number of benzene rings is 1. The van der Waals surface area contributed by atoms with E-state index in [-0.39, 0.29) is 12.5 Å². The van der Waals surface area contributed by atoms with E-state index in [1.165, 1.54) is 12.7 Å². The molecule has 2 fully saturated rings. The first-order valence-corrected chi connectivity index (χ1v) is 9.83. The van der Waals surface area contributed by atoms with E-state index in [0.29, 0.717) is 23.2 Å². The number of ether oxygens (including phenoxy) is 1. The number of nitrogens with zero attached hydrogens (tertiary/aromatic N) is 6. The predicted molar refractivity (Wildman–Crippen MR) is 103 cm³/mol. The van der Waals surface area contributed by atoms with Crippen molar-refractivity contribution in [3.63, 3.8) is 0 Å². The number of carbonyl (C=O) groups excluding carboxylic acids is 1. The smallest absolute Gasteiger partial charge is 0.276 e. The van der Waals surface area contributed by atoms with Crippen LogP contribution < -0.4 is 4.74 Å². The van der Waals surface area contributed by atoms with Crippen LogP contribution in [0.1, 0.15) is 29.1 Å². The number of rotatable bonds is 5. The van der Waals surface area contributed by atoms with Crippen molar-refractivity contribution in [3.05, 3.63) is 54.4 Å². The summed E-state index contributed by atoms with van der Waals surface area (Å²) in [5.41, 5.74) is 1.24. The zero-order chi connectivity index (χ0) is 19.6. The van der Waals surface area contributed by atoms with Crippen molar-refractivity contribution in [2.75, 3.05) is 26.2 Å². The van der Waals surface area contributed by atoms with Gasteiger partial charge >= 0.3 is 0 Å². The lowest BCUT2D eigenvalue weighted by Crippen LogP contribution is -2.52. The lowest BCUT2D eigenvalue weighted by molar-refractivity contribution is 0.0561. The Hall–Kier alpha value is -3.20. The SMILES string of the molecule is O=C(c1cc(COc2ccc(-n3cncn3)cc2)on1)N1CCN2CCC[C@@H]2C1. The summed E-state index contributed by atoms with van der Waals surface area (Å²) in [5.74, 6) is 1.15. The number of carbonyl (C=O) groups is 1. The summed E-state index contributed by atoms with van der Waals surface area (Å²) in [5, 5.41) is 8.05. The van der Waals surface area contributed by atoms with Gasteiger partial charge in [0.25, 0.3) is 5.91 Å². The van der Waals surface area contributed by atoms with Crippen LogP contribution in [0.2, 0.25) is 0 Å². The molecule has 150 valence electrons. The Kier molecular flexibility index (Phi) is 4.73. The topological polar surface area (TPSA) is 89.5 Å². The fourth-order valence-corrected chi connectivity index (χ4v) is 4.01. The molecule has 0 saturated carbocycles. The lowest BCUT2D eigenvalue weighted by Gasteiger charge is -2.37. The zero-order valence-corrected chi connectivity index (χ0v) is 16.0. The number of amides is 1. The van der Waals surface area contributed by atoms with Crippen LogP contribution in [0, 0.1) is 0 Å². The summed E-state index contributed by atoms with van der Waals surface area (Å²) in [4.78, 5) is 21.0. The highest BCUT2D eigenvalue weighted by Crippen LogP contribution is 2.23. The zero-order valence-electron chi connectivity index (χ0n) is 16.0. The molecule has 1 aromatic carbocycles. The van der Waals surface area contributed by atoms with Gasteiger partial charge < -0.3 is 14.2 Å². The van der Waals surface area contributed by atoms with Crippen molar-refractivity contribution in [1.82, 2.24) is 29.7 Å². The molecule has 1 atom stereocenters. The predicted octanol–water partition coefficient (Wildman–Crippen LogP) is 1.75. The molecule has 0 unspecified atom stereocenters. The molecule has 0 bridgehead atoms. The summed E-state index contributed by atoms with van der Waals surface area (Å²) in [6.07, 6.45) is 5.51. The molecule has 0 N–H and O–H groups in total. The van der Waals surface area contributed by atoms with Gasteiger partial charge in [0.1, 0.15) is 25.0 Å². The van der Waals surface area contributed by atoms with Gasteiger partial charge in [0, 0.05) is 31.7 Å². The molecular weight excluding hydrogens is 372 g/mol. The van der Waals surface area contributed by atoms with Crippen molar-refractivity contribution in [1.29, 1.82) is 0 Å². The van der Waals surface area contributed by atoms with Crippen LogP contribution >= 0.6 is 0 Å². The second kappa shape index (κ2) is 7.67. The van der Waals surface area contributed by atoms with Gasteiger partial charge in [-0.05, 0) is 43.7 Å². The molecular formula is C20H22N6O3. The second-order valence-corrected chi connectivity index (χ2v) is 7.38. The number of hydrogen-bond donors (Lipinski definition) is 0. The van der Waals surface area contributed by atoms with Crippen molar-refractivity contribution in [2.45, 2.75) is 25.5 Å². The van der Waals surface area contributed by atoms with E-state index < -0.39 is 0 Å². The Morgan fingerprint density at radius 1 is 1.21 bits per heavy atom. The molecule has 0 spiro atoms. The molecule has 4 heterocycles. The van der Waals surface area contributed by atoms with E-state index in [2.05, 4.69) is 20.1 Å². The molecule has 2 aromatic heterocycles. The molecule has 9 nitrogen and oxygen atoms in total. The quantitative estimate of drug-likeness (QED) is 0.651. The first kappa shape index (κ1) is 17.9. The van der Waals surface area contributed by atoms with E-state index >= 15 is 0 Å². The van der Waals surface area contributed by atoms with E-state index in [0.717, 1.165) is 38.3 Å². The van der Waals surface area contributed by atoms with Crippen molar-refractivity contribution in [3.8, 4) is 11.4 Å². The largest absolute Gasteiger partial charge is 0.486 e. The minimum atomic E-state index is -0.0660. The average molecular weight is 394 g/mol. The van der Waals surface area contributed by atoms with Gasteiger partial charge in [0.15, 0.2) is 11.5 Å². The first-order chi connectivity index (χ1) is 14.3. The Labute approximate surface area is 167 Å². The lowest BCUT2D eigenvalue weighted by atomic mass is 10.1. The summed E-state index contributed by atoms with van der Waals surface area (Å²) in [7, 11) is 0. The molecule has 3 aromatic rings. The van der Waals surface area contributed by atoms with Crippen LogP contribution in [0.3, 0.4) is 0 Å². The highest BCUT2D eigenvalue weighted by molar-refractivity contribution is 5.92. The summed E-state index contributed by atoms with van der Waals surface area (Å²) in [6, 6.07) is 9.64. The van der Waals surface area contributed by atoms with Gasteiger partial charge in [0.2, 0.25) is 0 Å². The highest BCUT2D eigenvalue weighted by atomic mass is 16.5. The third-order valence-corrected chi connectivity index (χ3v) is 5.55. The first-order valence-electron chi connectivity index (χ1n) is 9.83. The number of aromatic nitrogens is 4. The fourth-order valence-electron chi connectivity index (χ4n) is 4.01. The molecule has 0 aliphatic carbocycles. The number of hydrogen-bond acceptors (Lipinski definition) is 7. The van der Waals surface area contributed by atoms with Crippen LogP contribution in [0.4, 0.5) is 0 Å². The average Bonchev–Trinajstić information content (AvgIpc) is 3.53. The van der Waals surface area contributed by atoms with Gasteiger partial charge in [-0.15, -0.1) is 0 Å². The monoisotopic (exact) mass is 394 g/mol. The van der Waals surface area contributed by atoms with Crippen molar-refractivity contribution >= 4 is 5.91 Å². The standard InChI is InChI=1S/C20H22N6O3/c27-20(25-9-8-24-7-1-2-16(24)11-25)19-10-18(29-23-19)12-28-17-5-3-15(4-6-17)26-14-21-13-22-26/h3-6,10,13-14,16H,1-2,7-9,11-12H2/t16-/m1/s1. The maximum Gasteiger partial charge on any atom is 0.276 e. The molecule has 0 radical (unpaired) electrons. The third kappa shape index (κ3) is 3.73. The minimum absolute atomic E-state index is 0.0660.